The van der Waals surface area contributed by atoms with Gasteiger partial charge in [0.15, 0.2) is 5.69 Å². The number of likely N-dealkylation sites (tertiary alicyclic amines) is 1. The maximum Gasteiger partial charge on any atom is 0.186 e. The van der Waals surface area contributed by atoms with Crippen molar-refractivity contribution in [2.45, 2.75) is 31.3 Å². The number of anilines is 1. The van der Waals surface area contributed by atoms with Crippen molar-refractivity contribution in [3.63, 3.8) is 0 Å². The van der Waals surface area contributed by atoms with E-state index in [0.717, 1.165) is 42.1 Å². The lowest BCUT2D eigenvalue weighted by molar-refractivity contribution is 0.326. The van der Waals surface area contributed by atoms with Gasteiger partial charge in [-0.15, -0.1) is 10.2 Å². The van der Waals surface area contributed by atoms with E-state index in [0.29, 0.717) is 11.7 Å². The molecule has 5 nitrogen and oxygen atoms in total. The van der Waals surface area contributed by atoms with E-state index >= 15 is 0 Å². The van der Waals surface area contributed by atoms with Crippen LogP contribution in [-0.2, 0) is 0 Å². The summed E-state index contributed by atoms with van der Waals surface area (Å²) in [5, 5.41) is 22.0. The van der Waals surface area contributed by atoms with Gasteiger partial charge in [0.05, 0.1) is 11.2 Å². The molecule has 1 aliphatic carbocycles. The highest BCUT2D eigenvalue weighted by molar-refractivity contribution is 5.92. The summed E-state index contributed by atoms with van der Waals surface area (Å²) in [5.41, 5.74) is 2.06. The Morgan fingerprint density at radius 1 is 1.19 bits per heavy atom. The molecule has 1 saturated heterocycles. The Hall–Kier alpha value is -2.19. The molecule has 5 heteroatoms. The van der Waals surface area contributed by atoms with Gasteiger partial charge in [-0.05, 0) is 25.3 Å². The Balaban J connectivity index is 1.64. The second-order valence-corrected chi connectivity index (χ2v) is 5.91. The van der Waals surface area contributed by atoms with Crippen LogP contribution in [0.4, 0.5) is 5.69 Å². The number of nitrogens with zero attached hydrogens (tertiary/aromatic N) is 4. The molecule has 0 spiro atoms. The number of hydrogen-bond donors (Lipinski definition) is 1. The highest BCUT2D eigenvalue weighted by Gasteiger charge is 2.34. The first-order valence-corrected chi connectivity index (χ1v) is 7.51. The van der Waals surface area contributed by atoms with Crippen molar-refractivity contribution in [2.75, 3.05) is 18.4 Å². The number of fused-ring (bicyclic) bond motifs is 1. The number of rotatable bonds is 3. The molecule has 1 aromatic heterocycles. The van der Waals surface area contributed by atoms with Crippen molar-refractivity contribution in [1.82, 2.24) is 15.1 Å². The Morgan fingerprint density at radius 3 is 2.86 bits per heavy atom. The largest absolute Gasteiger partial charge is 0.378 e. The van der Waals surface area contributed by atoms with E-state index < -0.39 is 0 Å². The van der Waals surface area contributed by atoms with Crippen molar-refractivity contribution < 1.29 is 0 Å². The van der Waals surface area contributed by atoms with E-state index in [1.54, 1.807) is 0 Å². The number of hydrogen-bond acceptors (Lipinski definition) is 5. The standard InChI is InChI=1S/C16H17N5/c17-9-15-16(13-3-1-2-4-14(13)19-20-15)18-11-7-8-21(10-11)12-5-6-12/h1-4,11-12H,5-8,10H2,(H,18,19). The predicted molar refractivity (Wildman–Crippen MR) is 80.9 cm³/mol. The lowest BCUT2D eigenvalue weighted by Crippen LogP contribution is -2.28. The third-order valence-electron chi connectivity index (χ3n) is 4.41. The third kappa shape index (κ3) is 2.32. The van der Waals surface area contributed by atoms with Crippen LogP contribution in [0.1, 0.15) is 25.0 Å². The van der Waals surface area contributed by atoms with Crippen LogP contribution < -0.4 is 5.32 Å². The maximum absolute atomic E-state index is 9.30. The first-order valence-electron chi connectivity index (χ1n) is 7.51. The van der Waals surface area contributed by atoms with E-state index in [1.165, 1.54) is 12.8 Å². The van der Waals surface area contributed by atoms with Crippen LogP contribution in [0, 0.1) is 11.3 Å². The minimum Gasteiger partial charge on any atom is -0.378 e. The smallest absolute Gasteiger partial charge is 0.186 e. The molecular formula is C16H17N5. The molecular weight excluding hydrogens is 262 g/mol. The molecule has 0 radical (unpaired) electrons. The SMILES string of the molecule is N#Cc1nnc2ccccc2c1NC1CCN(C2CC2)C1. The fraction of sp³-hybridized carbons (Fsp3) is 0.438. The highest BCUT2D eigenvalue weighted by Crippen LogP contribution is 2.32. The van der Waals surface area contributed by atoms with Gasteiger partial charge in [-0.3, -0.25) is 4.90 Å². The Morgan fingerprint density at radius 2 is 2.05 bits per heavy atom. The lowest BCUT2D eigenvalue weighted by Gasteiger charge is -2.18. The maximum atomic E-state index is 9.30. The molecule has 1 aromatic carbocycles. The van der Waals surface area contributed by atoms with Gasteiger partial charge in [-0.25, -0.2) is 0 Å². The van der Waals surface area contributed by atoms with Gasteiger partial charge >= 0.3 is 0 Å². The Labute approximate surface area is 123 Å². The van der Waals surface area contributed by atoms with Crippen molar-refractivity contribution in [1.29, 1.82) is 5.26 Å². The molecule has 106 valence electrons. The molecule has 0 bridgehead atoms. The zero-order chi connectivity index (χ0) is 14.2. The lowest BCUT2D eigenvalue weighted by atomic mass is 10.1. The van der Waals surface area contributed by atoms with Gasteiger partial charge < -0.3 is 5.32 Å². The summed E-state index contributed by atoms with van der Waals surface area (Å²) in [4.78, 5) is 2.56. The van der Waals surface area contributed by atoms with Crippen molar-refractivity contribution in [2.24, 2.45) is 0 Å². The fourth-order valence-corrected chi connectivity index (χ4v) is 3.16. The van der Waals surface area contributed by atoms with Crippen LogP contribution in [0.3, 0.4) is 0 Å². The quantitative estimate of drug-likeness (QED) is 0.932. The molecule has 2 fully saturated rings. The van der Waals surface area contributed by atoms with Crippen LogP contribution >= 0.6 is 0 Å². The Kier molecular flexibility index (Phi) is 2.97. The molecule has 1 saturated carbocycles. The Bertz CT molecular complexity index is 716. The molecule has 1 unspecified atom stereocenters. The van der Waals surface area contributed by atoms with E-state index in [1.807, 2.05) is 24.3 Å². The van der Waals surface area contributed by atoms with E-state index in [2.05, 4.69) is 26.5 Å². The molecule has 1 atom stereocenters. The molecule has 1 aliphatic heterocycles. The summed E-state index contributed by atoms with van der Waals surface area (Å²) in [6.07, 6.45) is 3.81. The van der Waals surface area contributed by atoms with E-state index in [4.69, 9.17) is 0 Å². The van der Waals surface area contributed by atoms with E-state index in [9.17, 15) is 5.26 Å². The van der Waals surface area contributed by atoms with Gasteiger partial charge in [0, 0.05) is 30.6 Å². The molecule has 4 rings (SSSR count). The first kappa shape index (κ1) is 12.5. The minimum atomic E-state index is 0.388. The molecule has 21 heavy (non-hydrogen) atoms. The van der Waals surface area contributed by atoms with Crippen molar-refractivity contribution >= 4 is 16.6 Å². The number of nitrogens with one attached hydrogen (secondary N) is 1. The summed E-state index contributed by atoms with van der Waals surface area (Å²) < 4.78 is 0. The summed E-state index contributed by atoms with van der Waals surface area (Å²) >= 11 is 0. The van der Waals surface area contributed by atoms with Crippen LogP contribution in [0.15, 0.2) is 24.3 Å². The highest BCUT2D eigenvalue weighted by atomic mass is 15.2. The minimum absolute atomic E-state index is 0.388. The number of benzene rings is 1. The zero-order valence-electron chi connectivity index (χ0n) is 11.8. The summed E-state index contributed by atoms with van der Waals surface area (Å²) in [6.45, 7) is 2.22. The summed E-state index contributed by atoms with van der Waals surface area (Å²) in [7, 11) is 0. The normalized spacial score (nSPS) is 22.3. The molecule has 2 aromatic rings. The third-order valence-corrected chi connectivity index (χ3v) is 4.41. The zero-order valence-corrected chi connectivity index (χ0v) is 11.8. The molecule has 2 heterocycles. The summed E-state index contributed by atoms with van der Waals surface area (Å²) in [5.74, 6) is 0. The van der Waals surface area contributed by atoms with Crippen molar-refractivity contribution in [3.05, 3.63) is 30.0 Å². The second-order valence-electron chi connectivity index (χ2n) is 5.91. The predicted octanol–water partition coefficient (Wildman–Crippen LogP) is 2.15. The van der Waals surface area contributed by atoms with Crippen LogP contribution in [0.25, 0.3) is 10.9 Å². The van der Waals surface area contributed by atoms with Crippen molar-refractivity contribution in [3.8, 4) is 6.07 Å². The van der Waals surface area contributed by atoms with E-state index in [-0.39, 0.29) is 0 Å². The van der Waals surface area contributed by atoms with Crippen LogP contribution in [0.5, 0.6) is 0 Å². The van der Waals surface area contributed by atoms with Gasteiger partial charge in [0.2, 0.25) is 0 Å². The van der Waals surface area contributed by atoms with Gasteiger partial charge in [-0.2, -0.15) is 5.26 Å². The number of aromatic nitrogens is 2. The topological polar surface area (TPSA) is 64.8 Å². The first-order chi connectivity index (χ1) is 10.3. The average Bonchev–Trinajstić information content (AvgIpc) is 3.28. The fourth-order valence-electron chi connectivity index (χ4n) is 3.16. The number of nitriles is 1. The second kappa shape index (κ2) is 4.97. The molecule has 0 amide bonds. The molecule has 1 N–H and O–H groups in total. The van der Waals surface area contributed by atoms with Gasteiger partial charge in [-0.1, -0.05) is 18.2 Å². The van der Waals surface area contributed by atoms with Crippen LogP contribution in [0.2, 0.25) is 0 Å². The summed E-state index contributed by atoms with van der Waals surface area (Å²) in [6, 6.07) is 11.2. The van der Waals surface area contributed by atoms with Gasteiger partial charge in [0.25, 0.3) is 0 Å². The average molecular weight is 279 g/mol. The van der Waals surface area contributed by atoms with Crippen LogP contribution in [-0.4, -0.2) is 40.3 Å². The molecule has 2 aliphatic rings. The monoisotopic (exact) mass is 279 g/mol. The van der Waals surface area contributed by atoms with Gasteiger partial charge in [0.1, 0.15) is 6.07 Å².